The molecule has 5 nitrogen and oxygen atoms in total. The molecule has 0 radical (unpaired) electrons. The molecule has 3 aromatic rings. The lowest BCUT2D eigenvalue weighted by Gasteiger charge is -2.13. The summed E-state index contributed by atoms with van der Waals surface area (Å²) in [6, 6.07) is 18.2. The summed E-state index contributed by atoms with van der Waals surface area (Å²) in [6.45, 7) is 3.57. The Labute approximate surface area is 168 Å². The number of halogens is 1. The number of rotatable bonds is 6. The molecule has 2 N–H and O–H groups in total. The Hall–Kier alpha value is -3.67. The highest BCUT2D eigenvalue weighted by Crippen LogP contribution is 2.24. The molecule has 3 rings (SSSR count). The van der Waals surface area contributed by atoms with E-state index in [9.17, 15) is 14.0 Å². The number of carbonyl (C=O) groups excluding carboxylic acids is 2. The average Bonchev–Trinajstić information content (AvgIpc) is 2.69. The van der Waals surface area contributed by atoms with Gasteiger partial charge in [-0.05, 0) is 60.5 Å². The van der Waals surface area contributed by atoms with Crippen LogP contribution >= 0.6 is 0 Å². The van der Waals surface area contributed by atoms with E-state index in [4.69, 9.17) is 4.74 Å². The molecule has 0 aliphatic heterocycles. The molecule has 3 aromatic carbocycles. The Kier molecular flexibility index (Phi) is 6.24. The predicted molar refractivity (Wildman–Crippen MR) is 111 cm³/mol. The molecule has 0 unspecified atom stereocenters. The number of hydrogen-bond acceptors (Lipinski definition) is 3. The monoisotopic (exact) mass is 392 g/mol. The third-order valence-electron chi connectivity index (χ3n) is 4.15. The summed E-state index contributed by atoms with van der Waals surface area (Å²) in [4.78, 5) is 24.1. The van der Waals surface area contributed by atoms with Gasteiger partial charge in [0.05, 0.1) is 11.4 Å². The predicted octanol–water partition coefficient (Wildman–Crippen LogP) is 4.92. The molecule has 0 aliphatic rings. The van der Waals surface area contributed by atoms with Crippen LogP contribution in [0.2, 0.25) is 0 Å². The number of ether oxygens (including phenoxy) is 1. The fraction of sp³-hybridized carbons (Fsp3) is 0.130. The fourth-order valence-electron chi connectivity index (χ4n) is 2.73. The molecular weight excluding hydrogens is 371 g/mol. The van der Waals surface area contributed by atoms with Gasteiger partial charge in [-0.1, -0.05) is 24.3 Å². The number of benzene rings is 3. The smallest absolute Gasteiger partial charge is 0.255 e. The molecule has 0 spiro atoms. The average molecular weight is 392 g/mol. The van der Waals surface area contributed by atoms with Gasteiger partial charge in [-0.25, -0.2) is 4.39 Å². The lowest BCUT2D eigenvalue weighted by Crippen LogP contribution is -2.15. The first kappa shape index (κ1) is 20.1. The van der Waals surface area contributed by atoms with Crippen molar-refractivity contribution in [1.29, 1.82) is 0 Å². The maximum absolute atomic E-state index is 13.0. The molecule has 0 bridgehead atoms. The first-order chi connectivity index (χ1) is 13.9. The third-order valence-corrected chi connectivity index (χ3v) is 4.15. The van der Waals surface area contributed by atoms with Gasteiger partial charge in [-0.3, -0.25) is 9.59 Å². The fourth-order valence-corrected chi connectivity index (χ4v) is 2.73. The number of amides is 2. The Bertz CT molecular complexity index is 1030. The van der Waals surface area contributed by atoms with Gasteiger partial charge in [0.15, 0.2) is 0 Å². The van der Waals surface area contributed by atoms with Crippen molar-refractivity contribution in [3.63, 3.8) is 0 Å². The van der Waals surface area contributed by atoms with Gasteiger partial charge in [-0.15, -0.1) is 0 Å². The summed E-state index contributed by atoms with van der Waals surface area (Å²) in [5, 5.41) is 5.54. The maximum atomic E-state index is 13.0. The van der Waals surface area contributed by atoms with Crippen molar-refractivity contribution in [2.45, 2.75) is 20.5 Å². The molecule has 148 valence electrons. The number of nitrogens with one attached hydrogen (secondary N) is 2. The van der Waals surface area contributed by atoms with Gasteiger partial charge in [0.25, 0.3) is 5.91 Å². The van der Waals surface area contributed by atoms with Crippen molar-refractivity contribution >= 4 is 23.2 Å². The molecule has 29 heavy (non-hydrogen) atoms. The minimum Gasteiger partial charge on any atom is -0.489 e. The Morgan fingerprint density at radius 1 is 0.931 bits per heavy atom. The topological polar surface area (TPSA) is 67.4 Å². The molecule has 0 aliphatic carbocycles. The van der Waals surface area contributed by atoms with E-state index in [1.165, 1.54) is 19.1 Å². The first-order valence-corrected chi connectivity index (χ1v) is 9.07. The quantitative estimate of drug-likeness (QED) is 0.625. The van der Waals surface area contributed by atoms with Crippen LogP contribution in [0.5, 0.6) is 5.75 Å². The van der Waals surface area contributed by atoms with Crippen LogP contribution in [0.25, 0.3) is 0 Å². The van der Waals surface area contributed by atoms with Gasteiger partial charge in [-0.2, -0.15) is 0 Å². The summed E-state index contributed by atoms with van der Waals surface area (Å²) in [5.74, 6) is -0.328. The molecule has 0 saturated heterocycles. The number of hydrogen-bond donors (Lipinski definition) is 2. The van der Waals surface area contributed by atoms with Crippen molar-refractivity contribution in [2.75, 3.05) is 10.6 Å². The van der Waals surface area contributed by atoms with Crippen LogP contribution in [0.4, 0.5) is 15.8 Å². The van der Waals surface area contributed by atoms with Crippen molar-refractivity contribution in [3.8, 4) is 5.75 Å². The van der Waals surface area contributed by atoms with Crippen molar-refractivity contribution in [2.24, 2.45) is 0 Å². The minimum absolute atomic E-state index is 0.222. The normalized spacial score (nSPS) is 10.3. The van der Waals surface area contributed by atoms with Crippen molar-refractivity contribution in [1.82, 2.24) is 0 Å². The van der Waals surface area contributed by atoms with Crippen LogP contribution in [0.3, 0.4) is 0 Å². The molecule has 0 fully saturated rings. The molecule has 0 saturated carbocycles. The van der Waals surface area contributed by atoms with E-state index >= 15 is 0 Å². The number of anilines is 2. The molecule has 0 aromatic heterocycles. The van der Waals surface area contributed by atoms with Crippen LogP contribution in [-0.4, -0.2) is 11.8 Å². The maximum Gasteiger partial charge on any atom is 0.255 e. The van der Waals surface area contributed by atoms with Gasteiger partial charge >= 0.3 is 0 Å². The Morgan fingerprint density at radius 3 is 2.41 bits per heavy atom. The Morgan fingerprint density at radius 2 is 1.69 bits per heavy atom. The Balaban J connectivity index is 1.72. The molecule has 6 heteroatoms. The highest BCUT2D eigenvalue weighted by Gasteiger charge is 2.11. The SMILES string of the molecule is CC(=O)Nc1ccc(C)cc1NC(=O)c1cccc(OCc2ccc(F)cc2)c1. The van der Waals surface area contributed by atoms with Gasteiger partial charge < -0.3 is 15.4 Å². The zero-order chi connectivity index (χ0) is 20.8. The van der Waals surface area contributed by atoms with Crippen LogP contribution in [0.15, 0.2) is 66.7 Å². The molecule has 0 atom stereocenters. The van der Waals surface area contributed by atoms with E-state index in [-0.39, 0.29) is 24.2 Å². The number of aryl methyl sites for hydroxylation is 1. The lowest BCUT2D eigenvalue weighted by molar-refractivity contribution is -0.114. The van der Waals surface area contributed by atoms with Crippen LogP contribution in [-0.2, 0) is 11.4 Å². The van der Waals surface area contributed by atoms with Crippen LogP contribution < -0.4 is 15.4 Å². The van der Waals surface area contributed by atoms with Gasteiger partial charge in [0.2, 0.25) is 5.91 Å². The van der Waals surface area contributed by atoms with E-state index in [2.05, 4.69) is 10.6 Å². The van der Waals surface area contributed by atoms with Crippen molar-refractivity contribution in [3.05, 3.63) is 89.2 Å². The standard InChI is InChI=1S/C23H21FN2O3/c1-15-6-11-21(25-16(2)27)22(12-15)26-23(28)18-4-3-5-20(13-18)29-14-17-7-9-19(24)10-8-17/h3-13H,14H2,1-2H3,(H,25,27)(H,26,28). The minimum atomic E-state index is -0.325. The van der Waals surface area contributed by atoms with Crippen molar-refractivity contribution < 1.29 is 18.7 Å². The summed E-state index contributed by atoms with van der Waals surface area (Å²) >= 11 is 0. The van der Waals surface area contributed by atoms with Gasteiger partial charge in [0, 0.05) is 12.5 Å². The first-order valence-electron chi connectivity index (χ1n) is 9.07. The molecular formula is C23H21FN2O3. The van der Waals surface area contributed by atoms with E-state index < -0.39 is 0 Å². The zero-order valence-electron chi connectivity index (χ0n) is 16.2. The number of carbonyl (C=O) groups is 2. The van der Waals surface area contributed by atoms with Gasteiger partial charge in [0.1, 0.15) is 18.2 Å². The summed E-state index contributed by atoms with van der Waals surface area (Å²) in [7, 11) is 0. The van der Waals surface area contributed by atoms with E-state index in [1.807, 2.05) is 13.0 Å². The summed E-state index contributed by atoms with van der Waals surface area (Å²) < 4.78 is 18.7. The van der Waals surface area contributed by atoms with Crippen LogP contribution in [0, 0.1) is 12.7 Å². The second kappa shape index (κ2) is 9.01. The van der Waals surface area contributed by atoms with E-state index in [0.29, 0.717) is 22.7 Å². The van der Waals surface area contributed by atoms with Crippen LogP contribution in [0.1, 0.15) is 28.4 Å². The molecule has 0 heterocycles. The largest absolute Gasteiger partial charge is 0.489 e. The molecule has 2 amide bonds. The second-order valence-electron chi connectivity index (χ2n) is 6.63. The second-order valence-corrected chi connectivity index (χ2v) is 6.63. The highest BCUT2D eigenvalue weighted by molar-refractivity contribution is 6.07. The highest BCUT2D eigenvalue weighted by atomic mass is 19.1. The zero-order valence-corrected chi connectivity index (χ0v) is 16.2. The van der Waals surface area contributed by atoms with E-state index in [0.717, 1.165) is 11.1 Å². The summed E-state index contributed by atoms with van der Waals surface area (Å²) in [5.41, 5.74) is 3.23. The third kappa shape index (κ3) is 5.65. The summed E-state index contributed by atoms with van der Waals surface area (Å²) in [6.07, 6.45) is 0. The van der Waals surface area contributed by atoms with E-state index in [1.54, 1.807) is 48.5 Å². The lowest BCUT2D eigenvalue weighted by atomic mass is 10.1.